The monoisotopic (exact) mass is 371 g/mol. The van der Waals surface area contributed by atoms with E-state index < -0.39 is 21.6 Å². The van der Waals surface area contributed by atoms with E-state index in [-0.39, 0.29) is 10.3 Å². The van der Waals surface area contributed by atoms with Gasteiger partial charge in [-0.1, -0.05) is 39.0 Å². The molecule has 1 aromatic heterocycles. The minimum atomic E-state index is -3.85. The van der Waals surface area contributed by atoms with Crippen molar-refractivity contribution in [1.29, 1.82) is 0 Å². The molecule has 0 saturated carbocycles. The van der Waals surface area contributed by atoms with Crippen molar-refractivity contribution in [2.75, 3.05) is 5.75 Å². The van der Waals surface area contributed by atoms with E-state index in [0.29, 0.717) is 0 Å². The molecular weight excluding hydrogens is 350 g/mol. The average molecular weight is 371 g/mol. The summed E-state index contributed by atoms with van der Waals surface area (Å²) >= 11 is 0. The Morgan fingerprint density at radius 2 is 1.81 bits per heavy atom. The number of benzene rings is 2. The summed E-state index contributed by atoms with van der Waals surface area (Å²) in [5, 5.41) is 9.51. The van der Waals surface area contributed by atoms with Crippen LogP contribution in [0.2, 0.25) is 0 Å². The fraction of sp³-hybridized carbons (Fsp3) is 0.250. The molecule has 0 radical (unpaired) electrons. The second-order valence-corrected chi connectivity index (χ2v) is 9.41. The highest BCUT2D eigenvalue weighted by Gasteiger charge is 2.20. The number of carbonyl (C=O) groups is 1. The van der Waals surface area contributed by atoms with Gasteiger partial charge in [0, 0.05) is 16.6 Å². The number of carboxylic acids is 1. The molecule has 0 fully saturated rings. The van der Waals surface area contributed by atoms with E-state index in [4.69, 9.17) is 5.11 Å². The van der Waals surface area contributed by atoms with E-state index in [2.05, 4.69) is 37.9 Å². The summed E-state index contributed by atoms with van der Waals surface area (Å²) in [6.07, 6.45) is 0. The first-order chi connectivity index (χ1) is 12.1. The molecule has 3 rings (SSSR count). The Morgan fingerprint density at radius 3 is 2.46 bits per heavy atom. The Hall–Kier alpha value is -2.60. The third-order valence-corrected chi connectivity index (χ3v) is 5.90. The zero-order valence-electron chi connectivity index (χ0n) is 14.9. The summed E-state index contributed by atoms with van der Waals surface area (Å²) < 4.78 is 24.3. The molecule has 0 bridgehead atoms. The topological polar surface area (TPSA) is 87.2 Å². The number of carboxylic acid groups (broad SMARTS) is 1. The van der Waals surface area contributed by atoms with Crippen LogP contribution in [0, 0.1) is 0 Å². The molecule has 2 aromatic carbocycles. The molecule has 0 atom stereocenters. The molecule has 136 valence electrons. The Balaban J connectivity index is 2.05. The van der Waals surface area contributed by atoms with Crippen LogP contribution < -0.4 is 0 Å². The van der Waals surface area contributed by atoms with Crippen LogP contribution in [0.25, 0.3) is 22.2 Å². The van der Waals surface area contributed by atoms with Crippen molar-refractivity contribution in [3.8, 4) is 11.3 Å². The fourth-order valence-corrected chi connectivity index (χ4v) is 3.93. The van der Waals surface area contributed by atoms with Gasteiger partial charge < -0.3 is 10.1 Å². The second kappa shape index (κ2) is 6.29. The standard InChI is InChI=1S/C20H21NO4S/c1-20(2,3)15-6-4-5-13(9-15)18-11-14-10-16(7-8-17(14)21-18)26(24,25)12-19(22)23/h4-11,21H,12H2,1-3H3,(H,22,23). The van der Waals surface area contributed by atoms with Gasteiger partial charge in [0.05, 0.1) is 4.90 Å². The second-order valence-electron chi connectivity index (χ2n) is 7.42. The first-order valence-corrected chi connectivity index (χ1v) is 9.90. The SMILES string of the molecule is CC(C)(C)c1cccc(-c2cc3cc(S(=O)(=O)CC(=O)O)ccc3[nH]2)c1. The van der Waals surface area contributed by atoms with Gasteiger partial charge in [-0.2, -0.15) is 0 Å². The van der Waals surface area contributed by atoms with Gasteiger partial charge >= 0.3 is 5.97 Å². The predicted octanol–water partition coefficient (Wildman–Crippen LogP) is 3.99. The molecule has 6 heteroatoms. The van der Waals surface area contributed by atoms with Crippen molar-refractivity contribution in [2.24, 2.45) is 0 Å². The first kappa shape index (κ1) is 18.2. The van der Waals surface area contributed by atoms with E-state index in [1.807, 2.05) is 18.2 Å². The normalized spacial score (nSPS) is 12.4. The molecule has 2 N–H and O–H groups in total. The van der Waals surface area contributed by atoms with Gasteiger partial charge in [0.15, 0.2) is 15.6 Å². The lowest BCUT2D eigenvalue weighted by Gasteiger charge is -2.19. The third-order valence-electron chi connectivity index (χ3n) is 4.30. The highest BCUT2D eigenvalue weighted by Crippen LogP contribution is 2.30. The molecule has 0 aliphatic rings. The highest BCUT2D eigenvalue weighted by molar-refractivity contribution is 7.92. The summed E-state index contributed by atoms with van der Waals surface area (Å²) in [5.74, 6) is -2.28. The number of aromatic amines is 1. The lowest BCUT2D eigenvalue weighted by atomic mass is 9.86. The van der Waals surface area contributed by atoms with Crippen LogP contribution in [0.15, 0.2) is 53.4 Å². The minimum absolute atomic E-state index is 0.0152. The van der Waals surface area contributed by atoms with Gasteiger partial charge in [0.1, 0.15) is 0 Å². The molecule has 1 heterocycles. The van der Waals surface area contributed by atoms with E-state index >= 15 is 0 Å². The van der Waals surface area contributed by atoms with Crippen molar-refractivity contribution >= 4 is 26.7 Å². The molecule has 0 amide bonds. The van der Waals surface area contributed by atoms with Crippen LogP contribution >= 0.6 is 0 Å². The molecule has 0 saturated heterocycles. The molecule has 3 aromatic rings. The largest absolute Gasteiger partial charge is 0.480 e. The van der Waals surface area contributed by atoms with E-state index in [9.17, 15) is 13.2 Å². The van der Waals surface area contributed by atoms with E-state index in [0.717, 1.165) is 22.2 Å². The lowest BCUT2D eigenvalue weighted by molar-refractivity contribution is -0.134. The summed E-state index contributed by atoms with van der Waals surface area (Å²) in [7, 11) is -3.85. The smallest absolute Gasteiger partial charge is 0.319 e. The van der Waals surface area contributed by atoms with E-state index in [1.54, 1.807) is 6.07 Å². The number of sulfone groups is 1. The van der Waals surface area contributed by atoms with Crippen molar-refractivity contribution in [2.45, 2.75) is 31.1 Å². The number of aliphatic carboxylic acids is 1. The molecule has 0 unspecified atom stereocenters. The van der Waals surface area contributed by atoms with Gasteiger partial charge in [-0.25, -0.2) is 8.42 Å². The Bertz CT molecular complexity index is 1090. The summed E-state index contributed by atoms with van der Waals surface area (Å²) in [6.45, 7) is 6.45. The maximum absolute atomic E-state index is 12.1. The molecular formula is C20H21NO4S. The molecule has 0 aliphatic carbocycles. The lowest BCUT2D eigenvalue weighted by Crippen LogP contribution is -2.15. The zero-order chi connectivity index (χ0) is 19.1. The number of aromatic nitrogens is 1. The van der Waals surface area contributed by atoms with Gasteiger partial charge in [-0.15, -0.1) is 0 Å². The summed E-state index contributed by atoms with van der Waals surface area (Å²) in [5.41, 5.74) is 3.94. The van der Waals surface area contributed by atoms with Crippen LogP contribution in [0.5, 0.6) is 0 Å². The first-order valence-electron chi connectivity index (χ1n) is 8.24. The van der Waals surface area contributed by atoms with Crippen molar-refractivity contribution in [3.63, 3.8) is 0 Å². The third kappa shape index (κ3) is 3.65. The number of hydrogen-bond acceptors (Lipinski definition) is 3. The van der Waals surface area contributed by atoms with Crippen LogP contribution in [-0.4, -0.2) is 30.2 Å². The number of hydrogen-bond donors (Lipinski definition) is 2. The minimum Gasteiger partial charge on any atom is -0.480 e. The van der Waals surface area contributed by atoms with Gasteiger partial charge in [0.25, 0.3) is 0 Å². The van der Waals surface area contributed by atoms with Gasteiger partial charge in [-0.3, -0.25) is 4.79 Å². The Kier molecular flexibility index (Phi) is 4.40. The predicted molar refractivity (Wildman–Crippen MR) is 102 cm³/mol. The zero-order valence-corrected chi connectivity index (χ0v) is 15.7. The summed E-state index contributed by atoms with van der Waals surface area (Å²) in [4.78, 5) is 14.1. The van der Waals surface area contributed by atoms with Crippen molar-refractivity contribution in [3.05, 3.63) is 54.1 Å². The number of nitrogens with one attached hydrogen (secondary N) is 1. The molecule has 0 aliphatic heterocycles. The van der Waals surface area contributed by atoms with Crippen molar-refractivity contribution in [1.82, 2.24) is 4.98 Å². The number of rotatable bonds is 4. The average Bonchev–Trinajstić information content (AvgIpc) is 2.96. The van der Waals surface area contributed by atoms with Gasteiger partial charge in [-0.05, 0) is 46.9 Å². The van der Waals surface area contributed by atoms with Crippen LogP contribution in [-0.2, 0) is 20.0 Å². The molecule has 0 spiro atoms. The van der Waals surface area contributed by atoms with Gasteiger partial charge in [0.2, 0.25) is 0 Å². The summed E-state index contributed by atoms with van der Waals surface area (Å²) in [6, 6.07) is 14.7. The van der Waals surface area contributed by atoms with Crippen LogP contribution in [0.1, 0.15) is 26.3 Å². The molecule has 5 nitrogen and oxygen atoms in total. The Labute approximate surface area is 152 Å². The quantitative estimate of drug-likeness (QED) is 0.726. The maximum atomic E-state index is 12.1. The molecule has 26 heavy (non-hydrogen) atoms. The number of fused-ring (bicyclic) bond motifs is 1. The fourth-order valence-electron chi connectivity index (χ4n) is 2.86. The Morgan fingerprint density at radius 1 is 1.08 bits per heavy atom. The van der Waals surface area contributed by atoms with Crippen molar-refractivity contribution < 1.29 is 18.3 Å². The van der Waals surface area contributed by atoms with Crippen LogP contribution in [0.3, 0.4) is 0 Å². The highest BCUT2D eigenvalue weighted by atomic mass is 32.2. The van der Waals surface area contributed by atoms with Crippen LogP contribution in [0.4, 0.5) is 0 Å². The van der Waals surface area contributed by atoms with E-state index in [1.165, 1.54) is 17.7 Å². The maximum Gasteiger partial charge on any atom is 0.319 e. The number of H-pyrrole nitrogens is 1.